The molecule has 2 aliphatic rings. The first-order valence-electron chi connectivity index (χ1n) is 6.00. The Kier molecular flexibility index (Phi) is 3.57. The van der Waals surface area contributed by atoms with Crippen molar-refractivity contribution in [2.45, 2.75) is 57.5 Å². The smallest absolute Gasteiger partial charge is 0.161 e. The van der Waals surface area contributed by atoms with E-state index in [1.54, 1.807) is 0 Å². The fraction of sp³-hybridized carbons (Fsp3) is 0.917. The normalized spacial score (nSPS) is 24.6. The molecule has 0 N–H and O–H groups in total. The van der Waals surface area contributed by atoms with Crippen LogP contribution in [-0.2, 0) is 9.53 Å². The van der Waals surface area contributed by atoms with E-state index < -0.39 is 0 Å². The molecule has 0 heterocycles. The largest absolute Gasteiger partial charge is 0.370 e. The maximum atomic E-state index is 11.7. The first-order chi connectivity index (χ1) is 6.86. The maximum absolute atomic E-state index is 11.7. The molecule has 2 rings (SSSR count). The number of ketones is 1. The summed E-state index contributed by atoms with van der Waals surface area (Å²) in [4.78, 5) is 11.7. The lowest BCUT2D eigenvalue weighted by Gasteiger charge is -2.12. The van der Waals surface area contributed by atoms with Crippen LogP contribution in [0, 0.1) is 5.92 Å². The van der Waals surface area contributed by atoms with Crippen molar-refractivity contribution in [2.24, 2.45) is 5.92 Å². The molecule has 0 amide bonds. The van der Waals surface area contributed by atoms with E-state index in [0.29, 0.717) is 24.4 Å². The van der Waals surface area contributed by atoms with Crippen LogP contribution < -0.4 is 0 Å². The Hall–Kier alpha value is -0.370. The van der Waals surface area contributed by atoms with Crippen molar-refractivity contribution in [1.82, 2.24) is 0 Å². The second-order valence-corrected chi connectivity index (χ2v) is 4.67. The molecular weight excluding hydrogens is 176 g/mol. The number of carbonyl (C=O) groups is 1. The fourth-order valence-electron chi connectivity index (χ4n) is 2.62. The minimum Gasteiger partial charge on any atom is -0.370 e. The highest BCUT2D eigenvalue weighted by Gasteiger charge is 2.24. The summed E-state index contributed by atoms with van der Waals surface area (Å²) in [6, 6.07) is 0. The summed E-state index contributed by atoms with van der Waals surface area (Å²) in [5.74, 6) is 0.686. The summed E-state index contributed by atoms with van der Waals surface area (Å²) < 4.78 is 5.63. The predicted molar refractivity (Wildman–Crippen MR) is 55.2 cm³/mol. The van der Waals surface area contributed by atoms with Crippen LogP contribution >= 0.6 is 0 Å². The Morgan fingerprint density at radius 1 is 1.00 bits per heavy atom. The van der Waals surface area contributed by atoms with Crippen molar-refractivity contribution in [1.29, 1.82) is 0 Å². The van der Waals surface area contributed by atoms with Gasteiger partial charge in [-0.15, -0.1) is 0 Å². The van der Waals surface area contributed by atoms with E-state index in [4.69, 9.17) is 4.74 Å². The second-order valence-electron chi connectivity index (χ2n) is 4.67. The minimum atomic E-state index is 0.330. The molecule has 0 spiro atoms. The van der Waals surface area contributed by atoms with E-state index in [0.717, 1.165) is 25.7 Å². The first kappa shape index (κ1) is 10.2. The third-order valence-electron chi connectivity index (χ3n) is 3.57. The quantitative estimate of drug-likeness (QED) is 0.691. The van der Waals surface area contributed by atoms with Crippen molar-refractivity contribution in [2.75, 3.05) is 6.61 Å². The molecule has 80 valence electrons. The maximum Gasteiger partial charge on any atom is 0.161 e. The van der Waals surface area contributed by atoms with Gasteiger partial charge >= 0.3 is 0 Å². The molecule has 2 fully saturated rings. The van der Waals surface area contributed by atoms with Crippen LogP contribution in [0.4, 0.5) is 0 Å². The zero-order chi connectivity index (χ0) is 9.80. The summed E-state index contributed by atoms with van der Waals surface area (Å²) in [5, 5.41) is 0. The number of rotatable bonds is 4. The molecule has 0 atom stereocenters. The first-order valence-corrected chi connectivity index (χ1v) is 6.00. The molecule has 0 saturated heterocycles. The molecule has 0 aromatic heterocycles. The fourth-order valence-corrected chi connectivity index (χ4v) is 2.62. The molecule has 2 heteroatoms. The van der Waals surface area contributed by atoms with Gasteiger partial charge < -0.3 is 4.74 Å². The van der Waals surface area contributed by atoms with Gasteiger partial charge in [-0.3, -0.25) is 4.79 Å². The van der Waals surface area contributed by atoms with E-state index in [9.17, 15) is 4.79 Å². The van der Waals surface area contributed by atoms with E-state index in [-0.39, 0.29) is 0 Å². The SMILES string of the molecule is O=C(COC1CCCC1)C1CCCC1. The molecule has 0 unspecified atom stereocenters. The molecule has 0 aromatic carbocycles. The summed E-state index contributed by atoms with van der Waals surface area (Å²) in [5.41, 5.74) is 0. The van der Waals surface area contributed by atoms with Crippen LogP contribution in [-0.4, -0.2) is 18.5 Å². The predicted octanol–water partition coefficient (Wildman–Crippen LogP) is 2.70. The van der Waals surface area contributed by atoms with Gasteiger partial charge in [0.25, 0.3) is 0 Å². The highest BCUT2D eigenvalue weighted by molar-refractivity contribution is 5.82. The van der Waals surface area contributed by atoms with Crippen LogP contribution in [0.15, 0.2) is 0 Å². The van der Waals surface area contributed by atoms with Gasteiger partial charge in [0, 0.05) is 5.92 Å². The van der Waals surface area contributed by atoms with Gasteiger partial charge in [-0.05, 0) is 25.7 Å². The van der Waals surface area contributed by atoms with Crippen LogP contribution in [0.3, 0.4) is 0 Å². The standard InChI is InChI=1S/C12H20O2/c13-12(10-5-1-2-6-10)9-14-11-7-3-4-8-11/h10-11H,1-9H2. The molecule has 2 aliphatic carbocycles. The monoisotopic (exact) mass is 196 g/mol. The zero-order valence-corrected chi connectivity index (χ0v) is 8.84. The molecule has 0 aliphatic heterocycles. The van der Waals surface area contributed by atoms with E-state index in [2.05, 4.69) is 0 Å². The van der Waals surface area contributed by atoms with E-state index >= 15 is 0 Å². The number of hydrogen-bond donors (Lipinski definition) is 0. The molecule has 0 aromatic rings. The van der Waals surface area contributed by atoms with Gasteiger partial charge in [-0.1, -0.05) is 25.7 Å². The van der Waals surface area contributed by atoms with E-state index in [1.807, 2.05) is 0 Å². The van der Waals surface area contributed by atoms with Crippen molar-refractivity contribution >= 4 is 5.78 Å². The summed E-state index contributed by atoms with van der Waals surface area (Å²) in [6.45, 7) is 0.384. The van der Waals surface area contributed by atoms with Crippen molar-refractivity contribution < 1.29 is 9.53 Å². The number of carbonyl (C=O) groups excluding carboxylic acids is 1. The Morgan fingerprint density at radius 2 is 1.57 bits per heavy atom. The Bertz CT molecular complexity index is 188. The van der Waals surface area contributed by atoms with Crippen molar-refractivity contribution in [3.63, 3.8) is 0 Å². The zero-order valence-electron chi connectivity index (χ0n) is 8.84. The van der Waals surface area contributed by atoms with Gasteiger partial charge in [-0.25, -0.2) is 0 Å². The Balaban J connectivity index is 1.66. The molecule has 14 heavy (non-hydrogen) atoms. The summed E-state index contributed by atoms with van der Waals surface area (Å²) in [7, 11) is 0. The third-order valence-corrected chi connectivity index (χ3v) is 3.57. The van der Waals surface area contributed by atoms with Gasteiger partial charge in [0.2, 0.25) is 0 Å². The van der Waals surface area contributed by atoms with Crippen molar-refractivity contribution in [3.05, 3.63) is 0 Å². The lowest BCUT2D eigenvalue weighted by atomic mass is 10.0. The average Bonchev–Trinajstić information content (AvgIpc) is 2.87. The van der Waals surface area contributed by atoms with Gasteiger partial charge in [0.05, 0.1) is 6.10 Å². The van der Waals surface area contributed by atoms with Crippen LogP contribution in [0.2, 0.25) is 0 Å². The lowest BCUT2D eigenvalue weighted by molar-refractivity contribution is -0.129. The Morgan fingerprint density at radius 3 is 2.21 bits per heavy atom. The van der Waals surface area contributed by atoms with Gasteiger partial charge in [0.15, 0.2) is 5.78 Å². The van der Waals surface area contributed by atoms with Crippen molar-refractivity contribution in [3.8, 4) is 0 Å². The van der Waals surface area contributed by atoms with Crippen LogP contribution in [0.1, 0.15) is 51.4 Å². The summed E-state index contributed by atoms with van der Waals surface area (Å²) in [6.07, 6.45) is 9.96. The molecule has 0 bridgehead atoms. The van der Waals surface area contributed by atoms with Crippen LogP contribution in [0.25, 0.3) is 0 Å². The number of hydrogen-bond acceptors (Lipinski definition) is 2. The molecular formula is C12H20O2. The third kappa shape index (κ3) is 2.57. The van der Waals surface area contributed by atoms with E-state index in [1.165, 1.54) is 25.7 Å². The topological polar surface area (TPSA) is 26.3 Å². The average molecular weight is 196 g/mol. The molecule has 0 radical (unpaired) electrons. The second kappa shape index (κ2) is 4.92. The highest BCUT2D eigenvalue weighted by atomic mass is 16.5. The summed E-state index contributed by atoms with van der Waals surface area (Å²) >= 11 is 0. The van der Waals surface area contributed by atoms with Gasteiger partial charge in [0.1, 0.15) is 6.61 Å². The highest BCUT2D eigenvalue weighted by Crippen LogP contribution is 2.26. The Labute approximate surface area is 86.0 Å². The molecule has 2 saturated carbocycles. The lowest BCUT2D eigenvalue weighted by Crippen LogP contribution is -2.21. The number of ether oxygens (including phenoxy) is 1. The van der Waals surface area contributed by atoms with Gasteiger partial charge in [-0.2, -0.15) is 0 Å². The minimum absolute atomic E-state index is 0.330. The number of Topliss-reactive ketones (excluding diaryl/α,β-unsaturated/α-hetero) is 1. The van der Waals surface area contributed by atoms with Crippen LogP contribution in [0.5, 0.6) is 0 Å². The molecule has 2 nitrogen and oxygen atoms in total.